The number of phenols is 1. The Hall–Kier alpha value is -4.83. The molecule has 4 heteroatoms. The van der Waals surface area contributed by atoms with Crippen molar-refractivity contribution in [2.45, 2.75) is 0 Å². The Kier molecular flexibility index (Phi) is 5.47. The molecule has 5 aromatic carbocycles. The molecular weight excluding hydrogens is 444 g/mol. The van der Waals surface area contributed by atoms with Crippen LogP contribution in [-0.2, 0) is 0 Å². The molecule has 0 bridgehead atoms. The van der Waals surface area contributed by atoms with Gasteiger partial charge in [-0.2, -0.15) is 5.10 Å². The summed E-state index contributed by atoms with van der Waals surface area (Å²) in [6, 6.07) is 40.3. The fourth-order valence-electron chi connectivity index (χ4n) is 4.62. The number of phenolic OH excluding ortho intramolecular Hbond substituents is 1. The first-order valence-electron chi connectivity index (χ1n) is 11.8. The monoisotopic (exact) mass is 468 g/mol. The van der Waals surface area contributed by atoms with E-state index in [0.717, 1.165) is 55.9 Å². The van der Waals surface area contributed by atoms with Gasteiger partial charge in [0.15, 0.2) is 0 Å². The van der Waals surface area contributed by atoms with Crippen LogP contribution in [0.15, 0.2) is 121 Å². The van der Waals surface area contributed by atoms with Crippen LogP contribution >= 0.6 is 0 Å². The van der Waals surface area contributed by atoms with Crippen molar-refractivity contribution >= 4 is 10.8 Å². The van der Waals surface area contributed by atoms with Gasteiger partial charge in [-0.25, -0.2) is 4.68 Å². The maximum Gasteiger partial charge on any atom is 0.124 e. The number of nitrogens with zero attached hydrogens (tertiary/aromatic N) is 2. The zero-order valence-electron chi connectivity index (χ0n) is 19.8. The molecule has 6 aromatic rings. The molecule has 0 aliphatic carbocycles. The number of aromatic hydroxyl groups is 1. The Balaban J connectivity index is 1.62. The largest absolute Gasteiger partial charge is 0.507 e. The van der Waals surface area contributed by atoms with Crippen LogP contribution < -0.4 is 4.74 Å². The summed E-state index contributed by atoms with van der Waals surface area (Å²) in [7, 11) is 1.67. The zero-order chi connectivity index (χ0) is 24.5. The molecule has 0 aliphatic rings. The maximum absolute atomic E-state index is 10.7. The van der Waals surface area contributed by atoms with Crippen molar-refractivity contribution in [3.05, 3.63) is 121 Å². The Labute approximate surface area is 209 Å². The standard InChI is InChI=1S/C32H24N2O2/c1-36-26-17-15-22(16-18-26)28-19-23-9-5-6-10-24(23)20-29(28)30-21-31(27-13-7-8-14-32(27)35)34(33-30)25-11-3-2-4-12-25/h2-21,35H,1H3. The summed E-state index contributed by atoms with van der Waals surface area (Å²) in [4.78, 5) is 0. The van der Waals surface area contributed by atoms with Gasteiger partial charge in [0, 0.05) is 11.1 Å². The lowest BCUT2D eigenvalue weighted by Crippen LogP contribution is -1.99. The Morgan fingerprint density at radius 2 is 1.28 bits per heavy atom. The van der Waals surface area contributed by atoms with Crippen LogP contribution in [0.4, 0.5) is 0 Å². The SMILES string of the molecule is COc1ccc(-c2cc3ccccc3cc2-c2cc(-c3ccccc3O)n(-c3ccccc3)n2)cc1. The van der Waals surface area contributed by atoms with Gasteiger partial charge in [-0.1, -0.05) is 66.7 Å². The lowest BCUT2D eigenvalue weighted by atomic mass is 9.93. The third kappa shape index (κ3) is 3.89. The maximum atomic E-state index is 10.7. The summed E-state index contributed by atoms with van der Waals surface area (Å²) in [5.74, 6) is 1.03. The predicted molar refractivity (Wildman–Crippen MR) is 146 cm³/mol. The van der Waals surface area contributed by atoms with E-state index < -0.39 is 0 Å². The zero-order valence-corrected chi connectivity index (χ0v) is 19.8. The van der Waals surface area contributed by atoms with Crippen LogP contribution in [0.2, 0.25) is 0 Å². The van der Waals surface area contributed by atoms with Crippen molar-refractivity contribution in [3.8, 4) is 50.8 Å². The van der Waals surface area contributed by atoms with Crippen LogP contribution in [0.5, 0.6) is 11.5 Å². The average Bonchev–Trinajstić information content (AvgIpc) is 3.38. The molecule has 0 atom stereocenters. The van der Waals surface area contributed by atoms with Crippen molar-refractivity contribution in [1.29, 1.82) is 0 Å². The molecule has 174 valence electrons. The third-order valence-corrected chi connectivity index (χ3v) is 6.45. The van der Waals surface area contributed by atoms with Crippen molar-refractivity contribution < 1.29 is 9.84 Å². The molecule has 0 aliphatic heterocycles. The number of aromatic nitrogens is 2. The third-order valence-electron chi connectivity index (χ3n) is 6.45. The summed E-state index contributed by atoms with van der Waals surface area (Å²) in [6.45, 7) is 0. The molecule has 36 heavy (non-hydrogen) atoms. The number of para-hydroxylation sites is 2. The molecule has 0 unspecified atom stereocenters. The molecule has 0 saturated carbocycles. The van der Waals surface area contributed by atoms with Crippen molar-refractivity contribution in [1.82, 2.24) is 9.78 Å². The Morgan fingerprint density at radius 3 is 1.97 bits per heavy atom. The highest BCUT2D eigenvalue weighted by molar-refractivity contribution is 5.96. The van der Waals surface area contributed by atoms with E-state index in [4.69, 9.17) is 9.84 Å². The van der Waals surface area contributed by atoms with Crippen LogP contribution in [0.1, 0.15) is 0 Å². The van der Waals surface area contributed by atoms with E-state index in [1.165, 1.54) is 0 Å². The molecular formula is C32H24N2O2. The summed E-state index contributed by atoms with van der Waals surface area (Å²) < 4.78 is 7.28. The Morgan fingerprint density at radius 1 is 0.639 bits per heavy atom. The normalized spacial score (nSPS) is 11.0. The first-order chi connectivity index (χ1) is 17.7. The molecule has 4 nitrogen and oxygen atoms in total. The van der Waals surface area contributed by atoms with Gasteiger partial charge in [0.1, 0.15) is 11.5 Å². The summed E-state index contributed by atoms with van der Waals surface area (Å²) in [5.41, 5.74) is 6.48. The second kappa shape index (κ2) is 9.08. The van der Waals surface area contributed by atoms with Crippen molar-refractivity contribution in [2.24, 2.45) is 0 Å². The van der Waals surface area contributed by atoms with Crippen molar-refractivity contribution in [3.63, 3.8) is 0 Å². The van der Waals surface area contributed by atoms with E-state index in [1.54, 1.807) is 13.2 Å². The fraction of sp³-hybridized carbons (Fsp3) is 0.0312. The van der Waals surface area contributed by atoms with Gasteiger partial charge >= 0.3 is 0 Å². The second-order valence-corrected chi connectivity index (χ2v) is 8.65. The van der Waals surface area contributed by atoms with E-state index in [9.17, 15) is 5.11 Å². The highest BCUT2D eigenvalue weighted by Gasteiger charge is 2.18. The minimum atomic E-state index is 0.218. The molecule has 1 aromatic heterocycles. The molecule has 0 amide bonds. The van der Waals surface area contributed by atoms with Gasteiger partial charge in [0.2, 0.25) is 0 Å². The van der Waals surface area contributed by atoms with E-state index in [2.05, 4.69) is 54.6 Å². The van der Waals surface area contributed by atoms with Gasteiger partial charge in [0.05, 0.1) is 24.2 Å². The topological polar surface area (TPSA) is 47.3 Å². The molecule has 0 radical (unpaired) electrons. The number of benzene rings is 5. The van der Waals surface area contributed by atoms with Crippen LogP contribution in [0.25, 0.3) is 50.1 Å². The van der Waals surface area contributed by atoms with Gasteiger partial charge in [0.25, 0.3) is 0 Å². The second-order valence-electron chi connectivity index (χ2n) is 8.65. The fourth-order valence-corrected chi connectivity index (χ4v) is 4.62. The van der Waals surface area contributed by atoms with Crippen LogP contribution in [0.3, 0.4) is 0 Å². The van der Waals surface area contributed by atoms with Crippen LogP contribution in [-0.4, -0.2) is 22.0 Å². The van der Waals surface area contributed by atoms with Crippen molar-refractivity contribution in [2.75, 3.05) is 7.11 Å². The molecule has 0 saturated heterocycles. The van der Waals surface area contributed by atoms with Gasteiger partial charge in [-0.15, -0.1) is 0 Å². The number of hydrogen-bond acceptors (Lipinski definition) is 3. The summed E-state index contributed by atoms with van der Waals surface area (Å²) in [6.07, 6.45) is 0. The predicted octanol–water partition coefficient (Wildman–Crippen LogP) is 7.74. The lowest BCUT2D eigenvalue weighted by molar-refractivity contribution is 0.415. The van der Waals surface area contributed by atoms with E-state index in [1.807, 2.05) is 65.3 Å². The number of fused-ring (bicyclic) bond motifs is 1. The number of ether oxygens (including phenoxy) is 1. The summed E-state index contributed by atoms with van der Waals surface area (Å²) in [5, 5.41) is 18.1. The smallest absolute Gasteiger partial charge is 0.124 e. The van der Waals surface area contributed by atoms with Gasteiger partial charge in [-0.05, 0) is 76.5 Å². The average molecular weight is 469 g/mol. The lowest BCUT2D eigenvalue weighted by Gasteiger charge is -2.11. The van der Waals surface area contributed by atoms with Gasteiger partial charge < -0.3 is 9.84 Å². The molecule has 6 rings (SSSR count). The molecule has 0 spiro atoms. The number of hydrogen-bond donors (Lipinski definition) is 1. The summed E-state index contributed by atoms with van der Waals surface area (Å²) >= 11 is 0. The van der Waals surface area contributed by atoms with Crippen LogP contribution in [0, 0.1) is 0 Å². The quantitative estimate of drug-likeness (QED) is 0.281. The Bertz CT molecular complexity index is 1670. The first kappa shape index (κ1) is 21.7. The molecule has 1 N–H and O–H groups in total. The molecule has 1 heterocycles. The van der Waals surface area contributed by atoms with E-state index >= 15 is 0 Å². The minimum absolute atomic E-state index is 0.218. The first-order valence-corrected chi connectivity index (χ1v) is 11.8. The van der Waals surface area contributed by atoms with E-state index in [-0.39, 0.29) is 5.75 Å². The van der Waals surface area contributed by atoms with Gasteiger partial charge in [-0.3, -0.25) is 0 Å². The number of methoxy groups -OCH3 is 1. The van der Waals surface area contributed by atoms with E-state index in [0.29, 0.717) is 0 Å². The molecule has 0 fully saturated rings. The minimum Gasteiger partial charge on any atom is -0.507 e. The highest BCUT2D eigenvalue weighted by atomic mass is 16.5. The number of rotatable bonds is 5. The highest BCUT2D eigenvalue weighted by Crippen LogP contribution is 2.39.